The first-order valence-electron chi connectivity index (χ1n) is 7.37. The van der Waals surface area contributed by atoms with E-state index in [-0.39, 0.29) is 16.7 Å². The topological polar surface area (TPSA) is 51.2 Å². The van der Waals surface area contributed by atoms with Crippen LogP contribution in [0.3, 0.4) is 0 Å². The molecule has 4 heteroatoms. The molecule has 20 heavy (non-hydrogen) atoms. The number of carbonyl (C=O) groups excluding carboxylic acids is 1. The van der Waals surface area contributed by atoms with Crippen LogP contribution in [0.1, 0.15) is 33.1 Å². The molecular weight excluding hydrogens is 252 g/mol. The number of nitrogens with zero attached hydrogens (tertiary/aromatic N) is 1. The second-order valence-corrected chi connectivity index (χ2v) is 7.00. The molecule has 3 aliphatic rings. The average molecular weight is 272 g/mol. The van der Waals surface area contributed by atoms with E-state index in [0.717, 1.165) is 18.5 Å². The molecule has 1 saturated heterocycles. The van der Waals surface area contributed by atoms with Crippen LogP contribution in [0.2, 0.25) is 0 Å². The SMILES string of the molecule is C[C@@]12CC[C@@H]3C[C@@]1(C(=O)Nc1cccnc1)OC[C@@]32C. The van der Waals surface area contributed by atoms with Crippen molar-refractivity contribution in [2.75, 3.05) is 11.9 Å². The molecule has 1 aliphatic heterocycles. The molecule has 2 heterocycles. The minimum absolute atomic E-state index is 0.0129. The quantitative estimate of drug-likeness (QED) is 0.900. The molecule has 0 unspecified atom stereocenters. The molecule has 0 aromatic carbocycles. The van der Waals surface area contributed by atoms with Crippen LogP contribution in [0.15, 0.2) is 24.5 Å². The zero-order chi connectivity index (χ0) is 14.0. The van der Waals surface area contributed by atoms with Gasteiger partial charge in [-0.05, 0) is 37.3 Å². The van der Waals surface area contributed by atoms with E-state index in [9.17, 15) is 4.79 Å². The van der Waals surface area contributed by atoms with Gasteiger partial charge in [-0.25, -0.2) is 0 Å². The van der Waals surface area contributed by atoms with Crippen LogP contribution >= 0.6 is 0 Å². The molecule has 4 atom stereocenters. The Labute approximate surface area is 118 Å². The second kappa shape index (κ2) is 3.61. The highest BCUT2D eigenvalue weighted by Crippen LogP contribution is 2.75. The summed E-state index contributed by atoms with van der Waals surface area (Å²) in [6.45, 7) is 5.27. The fraction of sp³-hybridized carbons (Fsp3) is 0.625. The summed E-state index contributed by atoms with van der Waals surface area (Å²) < 4.78 is 6.08. The van der Waals surface area contributed by atoms with Gasteiger partial charge >= 0.3 is 0 Å². The largest absolute Gasteiger partial charge is 0.364 e. The van der Waals surface area contributed by atoms with E-state index in [4.69, 9.17) is 4.74 Å². The minimum Gasteiger partial charge on any atom is -0.364 e. The fourth-order valence-corrected chi connectivity index (χ4v) is 4.93. The summed E-state index contributed by atoms with van der Waals surface area (Å²) >= 11 is 0. The van der Waals surface area contributed by atoms with Crippen LogP contribution in [0.4, 0.5) is 5.69 Å². The van der Waals surface area contributed by atoms with Crippen LogP contribution in [-0.2, 0) is 9.53 Å². The van der Waals surface area contributed by atoms with Crippen LogP contribution < -0.4 is 5.32 Å². The highest BCUT2D eigenvalue weighted by molar-refractivity contribution is 5.99. The molecule has 3 fully saturated rings. The smallest absolute Gasteiger partial charge is 0.257 e. The number of hydrogen-bond donors (Lipinski definition) is 1. The van der Waals surface area contributed by atoms with Gasteiger partial charge in [0.1, 0.15) is 0 Å². The van der Waals surface area contributed by atoms with Crippen molar-refractivity contribution in [3.05, 3.63) is 24.5 Å². The summed E-state index contributed by atoms with van der Waals surface area (Å²) in [5.74, 6) is 0.639. The van der Waals surface area contributed by atoms with E-state index in [2.05, 4.69) is 24.1 Å². The Hall–Kier alpha value is -1.42. The molecule has 1 aromatic rings. The number of hydrogen-bond acceptors (Lipinski definition) is 3. The lowest BCUT2D eigenvalue weighted by molar-refractivity contribution is -0.149. The van der Waals surface area contributed by atoms with Crippen molar-refractivity contribution in [1.82, 2.24) is 4.98 Å². The van der Waals surface area contributed by atoms with Gasteiger partial charge < -0.3 is 10.1 Å². The lowest BCUT2D eigenvalue weighted by Gasteiger charge is -2.39. The molecule has 106 valence electrons. The maximum Gasteiger partial charge on any atom is 0.257 e. The van der Waals surface area contributed by atoms with E-state index in [0.29, 0.717) is 12.5 Å². The van der Waals surface area contributed by atoms with Crippen molar-refractivity contribution in [2.24, 2.45) is 16.7 Å². The standard InChI is InChI=1S/C16H20N2O2/c1-14-10-20-16(8-11(14)5-6-15(14,16)2)13(19)18-12-4-3-7-17-9-12/h3-4,7,9,11H,5-6,8,10H2,1-2H3,(H,18,19)/t11-,14+,15+,16+/m1/s1. The predicted octanol–water partition coefficient (Wildman–Crippen LogP) is 2.62. The summed E-state index contributed by atoms with van der Waals surface area (Å²) in [6.07, 6.45) is 6.58. The van der Waals surface area contributed by atoms with Gasteiger partial charge in [0.15, 0.2) is 5.60 Å². The molecule has 1 amide bonds. The second-order valence-electron chi connectivity index (χ2n) is 7.00. The normalized spacial score (nSPS) is 44.8. The molecule has 1 aromatic heterocycles. The monoisotopic (exact) mass is 272 g/mol. The Morgan fingerprint density at radius 2 is 2.35 bits per heavy atom. The molecule has 4 rings (SSSR count). The lowest BCUT2D eigenvalue weighted by Crippen LogP contribution is -2.52. The van der Waals surface area contributed by atoms with Gasteiger partial charge in [-0.2, -0.15) is 0 Å². The number of nitrogens with one attached hydrogen (secondary N) is 1. The number of aromatic nitrogens is 1. The van der Waals surface area contributed by atoms with Crippen LogP contribution in [0.5, 0.6) is 0 Å². The zero-order valence-corrected chi connectivity index (χ0v) is 12.0. The van der Waals surface area contributed by atoms with E-state index >= 15 is 0 Å². The summed E-state index contributed by atoms with van der Waals surface area (Å²) in [4.78, 5) is 16.9. The molecule has 2 saturated carbocycles. The molecule has 2 aliphatic carbocycles. The zero-order valence-electron chi connectivity index (χ0n) is 12.0. The Bertz CT molecular complexity index is 575. The van der Waals surface area contributed by atoms with Gasteiger partial charge in [-0.1, -0.05) is 13.8 Å². The summed E-state index contributed by atoms with van der Waals surface area (Å²) in [5, 5.41) is 3.00. The highest BCUT2D eigenvalue weighted by Gasteiger charge is 2.78. The Morgan fingerprint density at radius 1 is 1.50 bits per heavy atom. The van der Waals surface area contributed by atoms with Gasteiger partial charge in [-0.3, -0.25) is 9.78 Å². The van der Waals surface area contributed by atoms with E-state index in [1.807, 2.05) is 12.1 Å². The van der Waals surface area contributed by atoms with E-state index < -0.39 is 5.60 Å². The van der Waals surface area contributed by atoms with Crippen LogP contribution in [-0.4, -0.2) is 23.1 Å². The molecule has 4 bridgehead atoms. The third-order valence-corrected chi connectivity index (χ3v) is 6.48. The highest BCUT2D eigenvalue weighted by atomic mass is 16.5. The first-order valence-corrected chi connectivity index (χ1v) is 7.37. The van der Waals surface area contributed by atoms with Gasteiger partial charge in [0, 0.05) is 17.0 Å². The van der Waals surface area contributed by atoms with Crippen molar-refractivity contribution in [1.29, 1.82) is 0 Å². The molecular formula is C16H20N2O2. The molecule has 4 nitrogen and oxygen atoms in total. The number of amides is 1. The van der Waals surface area contributed by atoms with Gasteiger partial charge in [0.05, 0.1) is 18.5 Å². The van der Waals surface area contributed by atoms with E-state index in [1.165, 1.54) is 6.42 Å². The molecule has 0 spiro atoms. The third-order valence-electron chi connectivity index (χ3n) is 6.48. The third kappa shape index (κ3) is 1.17. The minimum atomic E-state index is -0.638. The van der Waals surface area contributed by atoms with Crippen LogP contribution in [0, 0.1) is 16.7 Å². The van der Waals surface area contributed by atoms with Gasteiger partial charge in [0.2, 0.25) is 0 Å². The Balaban J connectivity index is 1.68. The van der Waals surface area contributed by atoms with Crippen LogP contribution in [0.25, 0.3) is 0 Å². The van der Waals surface area contributed by atoms with Crippen molar-refractivity contribution in [3.63, 3.8) is 0 Å². The summed E-state index contributed by atoms with van der Waals surface area (Å²) in [6, 6.07) is 3.70. The first-order chi connectivity index (χ1) is 9.52. The predicted molar refractivity (Wildman–Crippen MR) is 75.1 cm³/mol. The number of carbonyl (C=O) groups is 1. The van der Waals surface area contributed by atoms with Crippen molar-refractivity contribution in [3.8, 4) is 0 Å². The van der Waals surface area contributed by atoms with Gasteiger partial charge in [0.25, 0.3) is 5.91 Å². The number of ether oxygens (including phenoxy) is 1. The summed E-state index contributed by atoms with van der Waals surface area (Å²) in [7, 11) is 0. The molecule has 0 radical (unpaired) electrons. The number of rotatable bonds is 2. The Morgan fingerprint density at radius 3 is 3.00 bits per heavy atom. The average Bonchev–Trinajstić information content (AvgIpc) is 2.92. The van der Waals surface area contributed by atoms with Gasteiger partial charge in [-0.15, -0.1) is 0 Å². The molecule has 1 N–H and O–H groups in total. The van der Waals surface area contributed by atoms with E-state index in [1.54, 1.807) is 12.4 Å². The lowest BCUT2D eigenvalue weighted by atomic mass is 9.66. The first kappa shape index (κ1) is 12.3. The summed E-state index contributed by atoms with van der Waals surface area (Å²) in [5.41, 5.74) is 0.243. The van der Waals surface area contributed by atoms with Crippen molar-refractivity contribution < 1.29 is 9.53 Å². The maximum atomic E-state index is 12.9. The Kier molecular flexibility index (Phi) is 2.23. The van der Waals surface area contributed by atoms with Crippen molar-refractivity contribution in [2.45, 2.75) is 38.7 Å². The fourth-order valence-electron chi connectivity index (χ4n) is 4.93. The number of anilines is 1. The number of pyridine rings is 1. The maximum absolute atomic E-state index is 12.9. The van der Waals surface area contributed by atoms with Crippen molar-refractivity contribution >= 4 is 11.6 Å².